The minimum Gasteiger partial charge on any atom is -0.481 e. The first-order valence-electron chi connectivity index (χ1n) is 18.0. The average molecular weight is 703 g/mol. The Bertz CT molecular complexity index is 1740. The van der Waals surface area contributed by atoms with Crippen molar-refractivity contribution in [3.8, 4) is 22.3 Å². The van der Waals surface area contributed by atoms with Crippen LogP contribution in [0.2, 0.25) is 0 Å². The van der Waals surface area contributed by atoms with E-state index in [1.165, 1.54) is 22.3 Å². The molecule has 10 heteroatoms. The van der Waals surface area contributed by atoms with Gasteiger partial charge in [-0.25, -0.2) is 9.59 Å². The fourth-order valence-corrected chi connectivity index (χ4v) is 8.44. The third-order valence-electron chi connectivity index (χ3n) is 11.0. The molecule has 2 saturated carbocycles. The number of aliphatic carboxylic acids is 2. The highest BCUT2D eigenvalue weighted by atomic mass is 16.6. The van der Waals surface area contributed by atoms with Crippen molar-refractivity contribution < 1.29 is 38.9 Å². The highest BCUT2D eigenvalue weighted by Crippen LogP contribution is 2.45. The van der Waals surface area contributed by atoms with Crippen molar-refractivity contribution in [2.75, 3.05) is 13.2 Å². The molecule has 4 aliphatic carbocycles. The van der Waals surface area contributed by atoms with Crippen LogP contribution in [0, 0.1) is 11.8 Å². The van der Waals surface area contributed by atoms with Gasteiger partial charge in [-0.1, -0.05) is 110 Å². The van der Waals surface area contributed by atoms with Gasteiger partial charge in [0.2, 0.25) is 0 Å². The molecule has 268 valence electrons. The molecule has 2 amide bonds. The van der Waals surface area contributed by atoms with Crippen molar-refractivity contribution in [3.63, 3.8) is 0 Å². The zero-order valence-corrected chi connectivity index (χ0v) is 28.7. The third-order valence-corrected chi connectivity index (χ3v) is 11.0. The van der Waals surface area contributed by atoms with Gasteiger partial charge in [-0.3, -0.25) is 9.59 Å². The maximum Gasteiger partial charge on any atom is 0.407 e. The number of hydrogen-bond acceptors (Lipinski definition) is 6. The van der Waals surface area contributed by atoms with Crippen LogP contribution < -0.4 is 10.6 Å². The van der Waals surface area contributed by atoms with Crippen LogP contribution in [0.1, 0.15) is 72.6 Å². The van der Waals surface area contributed by atoms with Gasteiger partial charge in [0.1, 0.15) is 13.2 Å². The van der Waals surface area contributed by atoms with Gasteiger partial charge in [-0.15, -0.1) is 0 Å². The molecule has 8 rings (SSSR count). The lowest BCUT2D eigenvalue weighted by Gasteiger charge is -2.19. The summed E-state index contributed by atoms with van der Waals surface area (Å²) in [5.74, 6) is -2.73. The van der Waals surface area contributed by atoms with E-state index in [0.29, 0.717) is 25.7 Å². The number of fused-ring (bicyclic) bond motifs is 6. The largest absolute Gasteiger partial charge is 0.481 e. The molecule has 4 aromatic rings. The van der Waals surface area contributed by atoms with E-state index >= 15 is 0 Å². The molecule has 0 bridgehead atoms. The molecule has 4 aliphatic rings. The summed E-state index contributed by atoms with van der Waals surface area (Å²) in [7, 11) is 0. The topological polar surface area (TPSA) is 151 Å². The molecule has 0 unspecified atom stereocenters. The van der Waals surface area contributed by atoms with E-state index < -0.39 is 36.0 Å². The molecule has 4 aromatic carbocycles. The highest BCUT2D eigenvalue weighted by molar-refractivity contribution is 5.80. The van der Waals surface area contributed by atoms with Crippen LogP contribution in [0.3, 0.4) is 0 Å². The average Bonchev–Trinajstić information content (AvgIpc) is 3.94. The number of carbonyl (C=O) groups is 4. The predicted molar refractivity (Wildman–Crippen MR) is 194 cm³/mol. The van der Waals surface area contributed by atoms with E-state index in [9.17, 15) is 29.4 Å². The third kappa shape index (κ3) is 7.10. The molecule has 0 spiro atoms. The smallest absolute Gasteiger partial charge is 0.407 e. The van der Waals surface area contributed by atoms with Gasteiger partial charge in [-0.05, 0) is 70.2 Å². The van der Waals surface area contributed by atoms with Gasteiger partial charge in [0.25, 0.3) is 0 Å². The van der Waals surface area contributed by atoms with Crippen molar-refractivity contribution in [3.05, 3.63) is 119 Å². The molecule has 0 saturated heterocycles. The highest BCUT2D eigenvalue weighted by Gasteiger charge is 2.36. The molecule has 0 aliphatic heterocycles. The number of ether oxygens (including phenoxy) is 2. The van der Waals surface area contributed by atoms with Crippen LogP contribution in [-0.2, 0) is 19.1 Å². The van der Waals surface area contributed by atoms with Crippen molar-refractivity contribution in [2.24, 2.45) is 11.8 Å². The zero-order chi connectivity index (χ0) is 36.2. The lowest BCUT2D eigenvalue weighted by molar-refractivity contribution is -0.143. The summed E-state index contributed by atoms with van der Waals surface area (Å²) in [6.45, 7) is 0.481. The summed E-state index contributed by atoms with van der Waals surface area (Å²) in [6, 6.07) is 32.0. The van der Waals surface area contributed by atoms with Gasteiger partial charge in [0.05, 0.1) is 11.8 Å². The standard InChI is InChI=1S/2C21H21NO4/c2*23-20(24)17-10-5-11-19(17)22-21(25)26-12-18-15-8-3-1-6-13(15)14-7-2-4-9-16(14)18/h2*1-4,6-9,17-19H,5,10-12H2,(H,22,25)(H,23,24)/t2*17-,19-/m10/s1. The number of carboxylic acids is 2. The molecular formula is C42H42N2O8. The van der Waals surface area contributed by atoms with E-state index in [4.69, 9.17) is 9.47 Å². The fraction of sp³-hybridized carbons (Fsp3) is 0.333. The van der Waals surface area contributed by atoms with E-state index in [-0.39, 0.29) is 37.1 Å². The molecule has 4 atom stereocenters. The van der Waals surface area contributed by atoms with Crippen molar-refractivity contribution in [2.45, 2.75) is 62.4 Å². The SMILES string of the molecule is O=C(N[C@@H]1CCC[C@H]1C(=O)O)OCC1c2ccccc2-c2ccccc21.O=C(N[C@H]1CCC[C@@H]1C(=O)O)OCC1c2ccccc2-c2ccccc21. The zero-order valence-electron chi connectivity index (χ0n) is 28.7. The fourth-order valence-electron chi connectivity index (χ4n) is 8.44. The first kappa shape index (κ1) is 34.8. The molecule has 0 heterocycles. The second-order valence-corrected chi connectivity index (χ2v) is 13.9. The van der Waals surface area contributed by atoms with Crippen molar-refractivity contribution >= 4 is 24.1 Å². The number of benzene rings is 4. The number of carboxylic acid groups (broad SMARTS) is 2. The maximum atomic E-state index is 12.2. The quantitative estimate of drug-likeness (QED) is 0.147. The van der Waals surface area contributed by atoms with E-state index in [2.05, 4.69) is 59.2 Å². The molecular weight excluding hydrogens is 660 g/mol. The van der Waals surface area contributed by atoms with Gasteiger partial charge in [-0.2, -0.15) is 0 Å². The van der Waals surface area contributed by atoms with Crippen LogP contribution in [-0.4, -0.2) is 59.6 Å². The predicted octanol–water partition coefficient (Wildman–Crippen LogP) is 7.56. The normalized spacial score (nSPS) is 21.1. The number of alkyl carbamates (subject to hydrolysis) is 2. The first-order valence-corrected chi connectivity index (χ1v) is 18.0. The molecule has 2 fully saturated rings. The molecule has 4 N–H and O–H groups in total. The van der Waals surface area contributed by atoms with Gasteiger partial charge < -0.3 is 30.3 Å². The summed E-state index contributed by atoms with van der Waals surface area (Å²) in [5, 5.41) is 23.9. The summed E-state index contributed by atoms with van der Waals surface area (Å²) in [5.41, 5.74) is 9.35. The Hall–Kier alpha value is -5.64. The van der Waals surface area contributed by atoms with Crippen LogP contribution in [0.15, 0.2) is 97.1 Å². The van der Waals surface area contributed by atoms with E-state index in [0.717, 1.165) is 35.1 Å². The van der Waals surface area contributed by atoms with Crippen molar-refractivity contribution in [1.82, 2.24) is 10.6 Å². The summed E-state index contributed by atoms with van der Waals surface area (Å²) in [4.78, 5) is 46.9. The lowest BCUT2D eigenvalue weighted by Crippen LogP contribution is -2.40. The summed E-state index contributed by atoms with van der Waals surface area (Å²) in [6.07, 6.45) is 3.11. The molecule has 10 nitrogen and oxygen atoms in total. The maximum absolute atomic E-state index is 12.2. The minimum atomic E-state index is -0.855. The van der Waals surface area contributed by atoms with Crippen LogP contribution in [0.4, 0.5) is 9.59 Å². The Kier molecular flexibility index (Phi) is 10.2. The Balaban J connectivity index is 0.000000162. The van der Waals surface area contributed by atoms with Gasteiger partial charge in [0, 0.05) is 23.9 Å². The first-order chi connectivity index (χ1) is 25.3. The van der Waals surface area contributed by atoms with Gasteiger partial charge >= 0.3 is 24.1 Å². The van der Waals surface area contributed by atoms with E-state index in [1.54, 1.807) is 0 Å². The molecule has 0 radical (unpaired) electrons. The number of amides is 2. The Morgan fingerprint density at radius 2 is 0.808 bits per heavy atom. The van der Waals surface area contributed by atoms with Crippen LogP contribution >= 0.6 is 0 Å². The minimum absolute atomic E-state index is 0.00648. The van der Waals surface area contributed by atoms with Crippen molar-refractivity contribution in [1.29, 1.82) is 0 Å². The second-order valence-electron chi connectivity index (χ2n) is 13.9. The van der Waals surface area contributed by atoms with Crippen LogP contribution in [0.5, 0.6) is 0 Å². The Morgan fingerprint density at radius 1 is 0.500 bits per heavy atom. The number of nitrogens with one attached hydrogen (secondary N) is 2. The van der Waals surface area contributed by atoms with Crippen LogP contribution in [0.25, 0.3) is 22.3 Å². The summed E-state index contributed by atoms with van der Waals surface area (Å²) < 4.78 is 11.0. The number of hydrogen-bond donors (Lipinski definition) is 4. The monoisotopic (exact) mass is 702 g/mol. The van der Waals surface area contributed by atoms with Gasteiger partial charge in [0.15, 0.2) is 0 Å². The van der Waals surface area contributed by atoms with E-state index in [1.807, 2.05) is 48.5 Å². The molecule has 52 heavy (non-hydrogen) atoms. The summed E-state index contributed by atoms with van der Waals surface area (Å²) >= 11 is 0. The Morgan fingerprint density at radius 3 is 1.12 bits per heavy atom. The number of rotatable bonds is 8. The number of carbonyl (C=O) groups excluding carboxylic acids is 2. The molecule has 0 aromatic heterocycles. The Labute approximate surface area is 302 Å². The second kappa shape index (κ2) is 15.3. The lowest BCUT2D eigenvalue weighted by atomic mass is 9.98.